The van der Waals surface area contributed by atoms with Gasteiger partial charge in [0.25, 0.3) is 10.0 Å². The number of hydrogen-bond donors (Lipinski definition) is 1. The van der Waals surface area contributed by atoms with E-state index in [9.17, 15) is 8.42 Å². The van der Waals surface area contributed by atoms with Crippen molar-refractivity contribution in [3.05, 3.63) is 42.2 Å². The second-order valence-electron chi connectivity index (χ2n) is 5.36. The fourth-order valence-electron chi connectivity index (χ4n) is 2.00. The van der Waals surface area contributed by atoms with Crippen LogP contribution in [0.15, 0.2) is 41.6 Å². The first-order chi connectivity index (χ1) is 10.4. The second kappa shape index (κ2) is 6.62. The molecule has 2 rings (SSSR count). The number of nitrogens with one attached hydrogen (secondary N) is 1. The van der Waals surface area contributed by atoms with Gasteiger partial charge in [0.15, 0.2) is 0 Å². The van der Waals surface area contributed by atoms with E-state index in [1.807, 2.05) is 19.9 Å². The molecule has 0 radical (unpaired) electrons. The van der Waals surface area contributed by atoms with Crippen molar-refractivity contribution < 1.29 is 8.42 Å². The standard InChI is InChI=1S/C15H18N4O2S/c1-12(2)6-7-19(14-10-17-18-11-14)22(20,21)15-5-3-4-13(8-15)9-16/h3-5,8,10-12H,6-7H2,1-2H3,(H,17,18). The van der Waals surface area contributed by atoms with Gasteiger partial charge in [-0.1, -0.05) is 19.9 Å². The maximum absolute atomic E-state index is 12.9. The van der Waals surface area contributed by atoms with Crippen LogP contribution in [0.2, 0.25) is 0 Å². The molecule has 1 N–H and O–H groups in total. The molecule has 7 heteroatoms. The van der Waals surface area contributed by atoms with Crippen molar-refractivity contribution in [3.8, 4) is 6.07 Å². The van der Waals surface area contributed by atoms with Gasteiger partial charge in [0.05, 0.1) is 28.4 Å². The van der Waals surface area contributed by atoms with Crippen molar-refractivity contribution in [2.75, 3.05) is 10.8 Å². The molecule has 0 aliphatic rings. The van der Waals surface area contributed by atoms with Gasteiger partial charge in [0, 0.05) is 12.7 Å². The van der Waals surface area contributed by atoms with Crippen LogP contribution >= 0.6 is 0 Å². The highest BCUT2D eigenvalue weighted by atomic mass is 32.2. The first-order valence-electron chi connectivity index (χ1n) is 6.97. The number of aromatic amines is 1. The normalized spacial score (nSPS) is 11.4. The quantitative estimate of drug-likeness (QED) is 0.886. The summed E-state index contributed by atoms with van der Waals surface area (Å²) in [5, 5.41) is 15.4. The Kier molecular flexibility index (Phi) is 4.83. The van der Waals surface area contributed by atoms with Crippen molar-refractivity contribution >= 4 is 15.7 Å². The molecule has 0 amide bonds. The summed E-state index contributed by atoms with van der Waals surface area (Å²) in [5.41, 5.74) is 0.806. The fraction of sp³-hybridized carbons (Fsp3) is 0.333. The lowest BCUT2D eigenvalue weighted by Crippen LogP contribution is -2.32. The lowest BCUT2D eigenvalue weighted by atomic mass is 10.1. The summed E-state index contributed by atoms with van der Waals surface area (Å²) >= 11 is 0. The van der Waals surface area contributed by atoms with Gasteiger partial charge in [0.1, 0.15) is 0 Å². The number of nitrogens with zero attached hydrogens (tertiary/aromatic N) is 3. The van der Waals surface area contributed by atoms with Crippen molar-refractivity contribution in [3.63, 3.8) is 0 Å². The summed E-state index contributed by atoms with van der Waals surface area (Å²) in [4.78, 5) is 0.108. The Labute approximate surface area is 130 Å². The van der Waals surface area contributed by atoms with E-state index in [1.165, 1.54) is 22.6 Å². The van der Waals surface area contributed by atoms with Crippen LogP contribution in [0.25, 0.3) is 0 Å². The Bertz CT molecular complexity index is 761. The number of rotatable bonds is 6. The zero-order valence-electron chi connectivity index (χ0n) is 12.5. The summed E-state index contributed by atoms with van der Waals surface area (Å²) in [6.45, 7) is 4.43. The molecule has 0 saturated carbocycles. The molecule has 0 bridgehead atoms. The molecule has 0 unspecified atom stereocenters. The smallest absolute Gasteiger partial charge is 0.264 e. The van der Waals surface area contributed by atoms with Crippen LogP contribution in [0.4, 0.5) is 5.69 Å². The molecule has 0 saturated heterocycles. The van der Waals surface area contributed by atoms with Crippen LogP contribution in [0.5, 0.6) is 0 Å². The first-order valence-corrected chi connectivity index (χ1v) is 8.41. The molecule has 0 spiro atoms. The number of nitriles is 1. The van der Waals surface area contributed by atoms with Gasteiger partial charge in [-0.25, -0.2) is 8.42 Å². The Morgan fingerprint density at radius 3 is 2.77 bits per heavy atom. The SMILES string of the molecule is CC(C)CCN(c1cn[nH]c1)S(=O)(=O)c1cccc(C#N)c1. The zero-order chi connectivity index (χ0) is 16.2. The number of sulfonamides is 1. The minimum Gasteiger partial charge on any atom is -0.284 e. The Morgan fingerprint density at radius 1 is 1.41 bits per heavy atom. The van der Waals surface area contributed by atoms with E-state index in [2.05, 4.69) is 10.2 Å². The van der Waals surface area contributed by atoms with Crippen LogP contribution in [0.1, 0.15) is 25.8 Å². The lowest BCUT2D eigenvalue weighted by molar-refractivity contribution is 0.568. The molecule has 22 heavy (non-hydrogen) atoms. The highest BCUT2D eigenvalue weighted by Gasteiger charge is 2.25. The Balaban J connectivity index is 2.42. The van der Waals surface area contributed by atoms with Crippen LogP contribution in [0, 0.1) is 17.2 Å². The van der Waals surface area contributed by atoms with E-state index in [4.69, 9.17) is 5.26 Å². The third kappa shape index (κ3) is 3.46. The number of anilines is 1. The maximum Gasteiger partial charge on any atom is 0.264 e. The molecule has 1 aromatic heterocycles. The van der Waals surface area contributed by atoms with Gasteiger partial charge in [-0.05, 0) is 30.5 Å². The van der Waals surface area contributed by atoms with Gasteiger partial charge in [-0.3, -0.25) is 9.40 Å². The number of H-pyrrole nitrogens is 1. The van der Waals surface area contributed by atoms with E-state index in [0.717, 1.165) is 6.42 Å². The fourth-order valence-corrected chi connectivity index (χ4v) is 3.50. The van der Waals surface area contributed by atoms with E-state index >= 15 is 0 Å². The van der Waals surface area contributed by atoms with Crippen LogP contribution in [-0.2, 0) is 10.0 Å². The highest BCUT2D eigenvalue weighted by Crippen LogP contribution is 2.24. The summed E-state index contributed by atoms with van der Waals surface area (Å²) in [6.07, 6.45) is 3.75. The van der Waals surface area contributed by atoms with Crippen molar-refractivity contribution in [2.24, 2.45) is 5.92 Å². The lowest BCUT2D eigenvalue weighted by Gasteiger charge is -2.23. The average Bonchev–Trinajstić information content (AvgIpc) is 3.01. The topological polar surface area (TPSA) is 89.8 Å². The molecule has 0 fully saturated rings. The number of hydrogen-bond acceptors (Lipinski definition) is 4. The van der Waals surface area contributed by atoms with Crippen molar-refractivity contribution in [1.82, 2.24) is 10.2 Å². The van der Waals surface area contributed by atoms with Crippen molar-refractivity contribution in [2.45, 2.75) is 25.2 Å². The minimum atomic E-state index is -3.73. The molecule has 0 atom stereocenters. The molecule has 0 aliphatic heterocycles. The zero-order valence-corrected chi connectivity index (χ0v) is 13.3. The highest BCUT2D eigenvalue weighted by molar-refractivity contribution is 7.92. The van der Waals surface area contributed by atoms with Gasteiger partial charge < -0.3 is 0 Å². The summed E-state index contributed by atoms with van der Waals surface area (Å²) in [6, 6.07) is 8.00. The largest absolute Gasteiger partial charge is 0.284 e. The molecule has 1 aromatic carbocycles. The van der Waals surface area contributed by atoms with E-state index in [0.29, 0.717) is 23.7 Å². The van der Waals surface area contributed by atoms with Crippen LogP contribution < -0.4 is 4.31 Å². The van der Waals surface area contributed by atoms with Gasteiger partial charge in [-0.15, -0.1) is 0 Å². The van der Waals surface area contributed by atoms with Gasteiger partial charge in [-0.2, -0.15) is 10.4 Å². The van der Waals surface area contributed by atoms with Crippen molar-refractivity contribution in [1.29, 1.82) is 5.26 Å². The molecular formula is C15H18N4O2S. The number of benzene rings is 1. The monoisotopic (exact) mass is 318 g/mol. The third-order valence-electron chi connectivity index (χ3n) is 3.23. The second-order valence-corrected chi connectivity index (χ2v) is 7.22. The van der Waals surface area contributed by atoms with Crippen LogP contribution in [0.3, 0.4) is 0 Å². The van der Waals surface area contributed by atoms with Gasteiger partial charge in [0.2, 0.25) is 0 Å². The summed E-state index contributed by atoms with van der Waals surface area (Å²) < 4.78 is 27.1. The van der Waals surface area contributed by atoms with E-state index in [-0.39, 0.29) is 4.90 Å². The molecular weight excluding hydrogens is 300 g/mol. The van der Waals surface area contributed by atoms with E-state index in [1.54, 1.807) is 18.3 Å². The molecule has 6 nitrogen and oxygen atoms in total. The molecule has 2 aromatic rings. The third-order valence-corrected chi connectivity index (χ3v) is 5.06. The predicted octanol–water partition coefficient (Wildman–Crippen LogP) is 2.52. The molecule has 0 aliphatic carbocycles. The number of aromatic nitrogens is 2. The van der Waals surface area contributed by atoms with Crippen LogP contribution in [-0.4, -0.2) is 25.2 Å². The first kappa shape index (κ1) is 16.0. The minimum absolute atomic E-state index is 0.108. The van der Waals surface area contributed by atoms with Gasteiger partial charge >= 0.3 is 0 Å². The summed E-state index contributed by atoms with van der Waals surface area (Å²) in [5.74, 6) is 0.370. The average molecular weight is 318 g/mol. The molecule has 116 valence electrons. The Hall–Kier alpha value is -2.33. The molecule has 1 heterocycles. The Morgan fingerprint density at radius 2 is 2.18 bits per heavy atom. The summed E-state index contributed by atoms with van der Waals surface area (Å²) in [7, 11) is -3.73. The van der Waals surface area contributed by atoms with E-state index < -0.39 is 10.0 Å². The predicted molar refractivity (Wildman–Crippen MR) is 83.7 cm³/mol. The maximum atomic E-state index is 12.9.